The van der Waals surface area contributed by atoms with Crippen LogP contribution in [0.5, 0.6) is 0 Å². The quantitative estimate of drug-likeness (QED) is 0.860. The Balaban J connectivity index is 1.58. The lowest BCUT2D eigenvalue weighted by molar-refractivity contribution is 0.222. The molecule has 0 amide bonds. The van der Waals surface area contributed by atoms with E-state index in [1.807, 2.05) is 0 Å². The van der Waals surface area contributed by atoms with Crippen LogP contribution >= 0.6 is 0 Å². The molecule has 0 aliphatic carbocycles. The van der Waals surface area contributed by atoms with Gasteiger partial charge in [0.1, 0.15) is 0 Å². The minimum Gasteiger partial charge on any atom is -0.313 e. The minimum absolute atomic E-state index is 0.720. The van der Waals surface area contributed by atoms with Gasteiger partial charge in [-0.1, -0.05) is 37.1 Å². The normalized spacial score (nSPS) is 25.4. The van der Waals surface area contributed by atoms with Gasteiger partial charge in [-0.15, -0.1) is 0 Å². The molecule has 2 aliphatic rings. The Hall–Kier alpha value is -0.860. The fraction of sp³-hybridized carbons (Fsp3) is 0.625. The molecule has 1 N–H and O–H groups in total. The van der Waals surface area contributed by atoms with E-state index in [2.05, 4.69) is 34.5 Å². The highest BCUT2D eigenvalue weighted by molar-refractivity contribution is 5.29. The van der Waals surface area contributed by atoms with Gasteiger partial charge in [-0.05, 0) is 36.9 Å². The first-order chi connectivity index (χ1) is 8.92. The van der Waals surface area contributed by atoms with Crippen molar-refractivity contribution in [3.05, 3.63) is 35.4 Å². The van der Waals surface area contributed by atoms with Crippen LogP contribution in [0.25, 0.3) is 0 Å². The maximum absolute atomic E-state index is 3.71. The number of fused-ring (bicyclic) bond motifs is 1. The van der Waals surface area contributed by atoms with E-state index in [0.717, 1.165) is 12.6 Å². The Morgan fingerprint density at radius 1 is 1.11 bits per heavy atom. The van der Waals surface area contributed by atoms with Gasteiger partial charge in [-0.3, -0.25) is 4.90 Å². The summed E-state index contributed by atoms with van der Waals surface area (Å²) in [5.41, 5.74) is 3.10. The molecule has 3 rings (SSSR count). The van der Waals surface area contributed by atoms with Crippen molar-refractivity contribution in [2.24, 2.45) is 0 Å². The van der Waals surface area contributed by atoms with E-state index < -0.39 is 0 Å². The van der Waals surface area contributed by atoms with Gasteiger partial charge < -0.3 is 5.32 Å². The first-order valence-corrected chi connectivity index (χ1v) is 7.44. The van der Waals surface area contributed by atoms with E-state index in [9.17, 15) is 0 Å². The van der Waals surface area contributed by atoms with E-state index in [-0.39, 0.29) is 0 Å². The molecule has 0 radical (unpaired) electrons. The van der Waals surface area contributed by atoms with Crippen molar-refractivity contribution in [1.29, 1.82) is 0 Å². The van der Waals surface area contributed by atoms with Crippen LogP contribution in [-0.2, 0) is 13.0 Å². The Morgan fingerprint density at radius 2 is 2.00 bits per heavy atom. The molecule has 1 unspecified atom stereocenters. The van der Waals surface area contributed by atoms with Crippen LogP contribution in [-0.4, -0.2) is 30.6 Å². The van der Waals surface area contributed by atoms with Gasteiger partial charge in [0.05, 0.1) is 0 Å². The molecule has 98 valence electrons. The first-order valence-electron chi connectivity index (χ1n) is 7.44. The molecule has 2 heterocycles. The maximum atomic E-state index is 3.71. The summed E-state index contributed by atoms with van der Waals surface area (Å²) in [6.07, 6.45) is 6.76. The monoisotopic (exact) mass is 244 g/mol. The van der Waals surface area contributed by atoms with Gasteiger partial charge in [0.25, 0.3) is 0 Å². The largest absolute Gasteiger partial charge is 0.313 e. The van der Waals surface area contributed by atoms with Crippen molar-refractivity contribution in [3.8, 4) is 0 Å². The van der Waals surface area contributed by atoms with Crippen molar-refractivity contribution in [3.63, 3.8) is 0 Å². The molecule has 1 aromatic carbocycles. The fourth-order valence-corrected chi connectivity index (χ4v) is 3.28. The van der Waals surface area contributed by atoms with Gasteiger partial charge in [-0.25, -0.2) is 0 Å². The van der Waals surface area contributed by atoms with Crippen molar-refractivity contribution >= 4 is 0 Å². The molecule has 2 nitrogen and oxygen atoms in total. The van der Waals surface area contributed by atoms with Gasteiger partial charge in [0.2, 0.25) is 0 Å². The molecule has 1 aromatic rings. The fourth-order valence-electron chi connectivity index (χ4n) is 3.28. The lowest BCUT2D eigenvalue weighted by Gasteiger charge is -2.31. The van der Waals surface area contributed by atoms with Crippen molar-refractivity contribution in [2.45, 2.75) is 44.7 Å². The highest BCUT2D eigenvalue weighted by Gasteiger charge is 2.19. The lowest BCUT2D eigenvalue weighted by atomic mass is 9.99. The smallest absolute Gasteiger partial charge is 0.0237 e. The number of rotatable bonds is 2. The number of nitrogens with zero attached hydrogens (tertiary/aromatic N) is 1. The average Bonchev–Trinajstić information content (AvgIpc) is 2.67. The van der Waals surface area contributed by atoms with E-state index in [1.165, 1.54) is 57.3 Å². The second-order valence-electron chi connectivity index (χ2n) is 5.75. The van der Waals surface area contributed by atoms with E-state index in [1.54, 1.807) is 5.56 Å². The lowest BCUT2D eigenvalue weighted by Crippen LogP contribution is -2.42. The molecule has 18 heavy (non-hydrogen) atoms. The second kappa shape index (κ2) is 5.85. The Bertz CT molecular complexity index is 380. The molecule has 1 saturated heterocycles. The molecule has 2 aliphatic heterocycles. The summed E-state index contributed by atoms with van der Waals surface area (Å²) >= 11 is 0. The van der Waals surface area contributed by atoms with Crippen LogP contribution in [0.1, 0.15) is 36.8 Å². The van der Waals surface area contributed by atoms with Crippen molar-refractivity contribution in [2.75, 3.05) is 19.6 Å². The SMILES string of the molecule is c1ccc2c(c1)CCN(CC1CCCCCN1)C2. The van der Waals surface area contributed by atoms with Gasteiger partial charge in [-0.2, -0.15) is 0 Å². The standard InChI is InChI=1S/C16H24N2/c1-2-8-16(17-10-5-1)13-18-11-9-14-6-3-4-7-15(14)12-18/h3-4,6-7,16-17H,1-2,5,8-13H2. The van der Waals surface area contributed by atoms with Gasteiger partial charge >= 0.3 is 0 Å². The number of hydrogen-bond acceptors (Lipinski definition) is 2. The van der Waals surface area contributed by atoms with Crippen molar-refractivity contribution < 1.29 is 0 Å². The number of nitrogens with one attached hydrogen (secondary N) is 1. The summed E-state index contributed by atoms with van der Waals surface area (Å²) in [5, 5.41) is 3.71. The molecule has 2 heteroatoms. The molecule has 0 aromatic heterocycles. The Morgan fingerprint density at radius 3 is 2.94 bits per heavy atom. The summed E-state index contributed by atoms with van der Waals surface area (Å²) in [5.74, 6) is 0. The van der Waals surface area contributed by atoms with Crippen LogP contribution in [0.3, 0.4) is 0 Å². The van der Waals surface area contributed by atoms with Crippen LogP contribution in [0.15, 0.2) is 24.3 Å². The van der Waals surface area contributed by atoms with Crippen LogP contribution in [0, 0.1) is 0 Å². The van der Waals surface area contributed by atoms with E-state index >= 15 is 0 Å². The van der Waals surface area contributed by atoms with Crippen LogP contribution < -0.4 is 5.32 Å². The Labute approximate surface area is 110 Å². The molecule has 0 bridgehead atoms. The zero-order valence-corrected chi connectivity index (χ0v) is 11.2. The van der Waals surface area contributed by atoms with E-state index in [0.29, 0.717) is 0 Å². The third-order valence-electron chi connectivity index (χ3n) is 4.35. The summed E-state index contributed by atoms with van der Waals surface area (Å²) in [7, 11) is 0. The predicted octanol–water partition coefficient (Wildman–Crippen LogP) is 2.58. The van der Waals surface area contributed by atoms with Gasteiger partial charge in [0.15, 0.2) is 0 Å². The highest BCUT2D eigenvalue weighted by Crippen LogP contribution is 2.19. The maximum Gasteiger partial charge on any atom is 0.0237 e. The molecule has 0 spiro atoms. The molecule has 1 atom stereocenters. The summed E-state index contributed by atoms with van der Waals surface area (Å²) < 4.78 is 0. The summed E-state index contributed by atoms with van der Waals surface area (Å²) in [4.78, 5) is 2.63. The Kier molecular flexibility index (Phi) is 3.96. The number of hydrogen-bond donors (Lipinski definition) is 1. The van der Waals surface area contributed by atoms with E-state index in [4.69, 9.17) is 0 Å². The van der Waals surface area contributed by atoms with Gasteiger partial charge in [0, 0.05) is 25.7 Å². The summed E-state index contributed by atoms with van der Waals surface area (Å²) in [6, 6.07) is 9.64. The van der Waals surface area contributed by atoms with Crippen molar-refractivity contribution in [1.82, 2.24) is 10.2 Å². The molecular weight excluding hydrogens is 220 g/mol. The second-order valence-corrected chi connectivity index (χ2v) is 5.75. The minimum atomic E-state index is 0.720. The number of benzene rings is 1. The molecule has 1 fully saturated rings. The molecular formula is C16H24N2. The predicted molar refractivity (Wildman–Crippen MR) is 75.7 cm³/mol. The summed E-state index contributed by atoms with van der Waals surface area (Å²) in [6.45, 7) is 4.83. The zero-order chi connectivity index (χ0) is 12.2. The highest BCUT2D eigenvalue weighted by atomic mass is 15.2. The van der Waals surface area contributed by atoms with Crippen LogP contribution in [0.4, 0.5) is 0 Å². The average molecular weight is 244 g/mol. The topological polar surface area (TPSA) is 15.3 Å². The first kappa shape index (κ1) is 12.2. The third-order valence-corrected chi connectivity index (χ3v) is 4.35. The zero-order valence-electron chi connectivity index (χ0n) is 11.2. The van der Waals surface area contributed by atoms with Crippen LogP contribution in [0.2, 0.25) is 0 Å². The molecule has 0 saturated carbocycles. The third kappa shape index (κ3) is 2.93.